The second kappa shape index (κ2) is 8.96. The normalized spacial score (nSPS) is 14.0. The van der Waals surface area contributed by atoms with E-state index in [1.165, 1.54) is 20.0 Å². The van der Waals surface area contributed by atoms with Gasteiger partial charge in [0.25, 0.3) is 0 Å². The van der Waals surface area contributed by atoms with Gasteiger partial charge in [0.15, 0.2) is 0 Å². The molecule has 0 unspecified atom stereocenters. The first-order valence-corrected chi connectivity index (χ1v) is 9.37. The maximum Gasteiger partial charge on any atom is 0.338 e. The van der Waals surface area contributed by atoms with Crippen molar-refractivity contribution in [3.63, 3.8) is 0 Å². The van der Waals surface area contributed by atoms with Crippen LogP contribution in [0.25, 0.3) is 5.57 Å². The molecule has 4 nitrogen and oxygen atoms in total. The number of halogens is 1. The molecule has 0 bridgehead atoms. The molecule has 0 atom stereocenters. The Labute approximate surface area is 164 Å². The van der Waals surface area contributed by atoms with Crippen molar-refractivity contribution in [2.24, 2.45) is 5.92 Å². The van der Waals surface area contributed by atoms with Crippen LogP contribution in [0.5, 0.6) is 11.5 Å². The molecular weight excluding hydrogens is 364 g/mol. The molecule has 0 radical (unpaired) electrons. The molecule has 142 valence electrons. The molecule has 0 N–H and O–H groups in total. The Morgan fingerprint density at radius 3 is 2.37 bits per heavy atom. The summed E-state index contributed by atoms with van der Waals surface area (Å²) in [6.07, 6.45) is 4.26. The molecule has 27 heavy (non-hydrogen) atoms. The van der Waals surface area contributed by atoms with Gasteiger partial charge >= 0.3 is 5.97 Å². The highest BCUT2D eigenvalue weighted by atomic mass is 35.5. The number of esters is 1. The van der Waals surface area contributed by atoms with Gasteiger partial charge < -0.3 is 14.2 Å². The van der Waals surface area contributed by atoms with Crippen molar-refractivity contribution in [1.29, 1.82) is 0 Å². The minimum Gasteiger partial charge on any atom is -0.493 e. The van der Waals surface area contributed by atoms with Crippen LogP contribution in [0.15, 0.2) is 48.5 Å². The van der Waals surface area contributed by atoms with E-state index in [1.807, 2.05) is 30.3 Å². The van der Waals surface area contributed by atoms with Gasteiger partial charge in [-0.2, -0.15) is 0 Å². The smallest absolute Gasteiger partial charge is 0.338 e. The topological polar surface area (TPSA) is 44.8 Å². The highest BCUT2D eigenvalue weighted by Gasteiger charge is 2.21. The fourth-order valence-corrected chi connectivity index (χ4v) is 2.92. The lowest BCUT2D eigenvalue weighted by Gasteiger charge is -2.14. The van der Waals surface area contributed by atoms with Crippen molar-refractivity contribution in [2.75, 3.05) is 13.7 Å². The van der Waals surface area contributed by atoms with Gasteiger partial charge in [-0.3, -0.25) is 0 Å². The fourth-order valence-electron chi connectivity index (χ4n) is 2.73. The van der Waals surface area contributed by atoms with E-state index in [9.17, 15) is 4.79 Å². The van der Waals surface area contributed by atoms with Gasteiger partial charge in [-0.1, -0.05) is 23.7 Å². The summed E-state index contributed by atoms with van der Waals surface area (Å²) in [4.78, 5) is 12.0. The summed E-state index contributed by atoms with van der Waals surface area (Å²) in [5.74, 6) is 1.90. The molecule has 0 spiro atoms. The predicted molar refractivity (Wildman–Crippen MR) is 106 cm³/mol. The first kappa shape index (κ1) is 19.3. The summed E-state index contributed by atoms with van der Waals surface area (Å²) in [6.45, 7) is 2.87. The lowest BCUT2D eigenvalue weighted by molar-refractivity contribution is -0.133. The van der Waals surface area contributed by atoms with Crippen LogP contribution in [0.2, 0.25) is 5.02 Å². The van der Waals surface area contributed by atoms with Crippen molar-refractivity contribution in [3.05, 3.63) is 64.7 Å². The SMILES string of the molecule is CC=C(C(=O)OC)c1ccc(Cl)cc1COc1ccc(OCC2CC2)cc1. The predicted octanol–water partition coefficient (Wildman–Crippen LogP) is 5.28. The van der Waals surface area contributed by atoms with Crippen molar-refractivity contribution < 1.29 is 19.0 Å². The van der Waals surface area contributed by atoms with Gasteiger partial charge in [-0.05, 0) is 73.2 Å². The highest BCUT2D eigenvalue weighted by molar-refractivity contribution is 6.30. The number of hydrogen-bond acceptors (Lipinski definition) is 4. The van der Waals surface area contributed by atoms with Gasteiger partial charge in [0.2, 0.25) is 0 Å². The van der Waals surface area contributed by atoms with Crippen LogP contribution < -0.4 is 9.47 Å². The fraction of sp³-hybridized carbons (Fsp3) is 0.318. The molecule has 2 aromatic rings. The molecule has 0 saturated heterocycles. The van der Waals surface area contributed by atoms with E-state index in [1.54, 1.807) is 25.1 Å². The minimum atomic E-state index is -0.391. The number of hydrogen-bond donors (Lipinski definition) is 0. The van der Waals surface area contributed by atoms with Crippen LogP contribution in [-0.4, -0.2) is 19.7 Å². The number of ether oxygens (including phenoxy) is 3. The van der Waals surface area contributed by atoms with E-state index >= 15 is 0 Å². The Kier molecular flexibility index (Phi) is 6.40. The van der Waals surface area contributed by atoms with E-state index in [4.69, 9.17) is 25.8 Å². The van der Waals surface area contributed by atoms with E-state index in [-0.39, 0.29) is 6.61 Å². The van der Waals surface area contributed by atoms with E-state index in [0.717, 1.165) is 35.2 Å². The molecule has 1 aliphatic rings. The maximum atomic E-state index is 12.0. The molecule has 5 heteroatoms. The highest BCUT2D eigenvalue weighted by Crippen LogP contribution is 2.30. The Morgan fingerprint density at radius 1 is 1.11 bits per heavy atom. The average molecular weight is 387 g/mol. The number of benzene rings is 2. The van der Waals surface area contributed by atoms with Gasteiger partial charge in [-0.25, -0.2) is 4.79 Å². The summed E-state index contributed by atoms with van der Waals surface area (Å²) in [5, 5.41) is 0.585. The molecule has 2 aromatic carbocycles. The standard InChI is InChI=1S/C22H23ClO4/c1-3-20(22(24)25-2)21-11-6-17(23)12-16(21)14-27-19-9-7-18(8-10-19)26-13-15-4-5-15/h3,6-12,15H,4-5,13-14H2,1-2H3. The van der Waals surface area contributed by atoms with E-state index < -0.39 is 5.97 Å². The number of allylic oxidation sites excluding steroid dienone is 1. The van der Waals surface area contributed by atoms with E-state index in [0.29, 0.717) is 10.6 Å². The van der Waals surface area contributed by atoms with Gasteiger partial charge in [-0.15, -0.1) is 0 Å². The Hall–Kier alpha value is -2.46. The van der Waals surface area contributed by atoms with Gasteiger partial charge in [0, 0.05) is 5.02 Å². The molecule has 0 heterocycles. The second-order valence-electron chi connectivity index (χ2n) is 6.51. The first-order valence-electron chi connectivity index (χ1n) is 8.99. The molecular formula is C22H23ClO4. The van der Waals surface area contributed by atoms with Crippen molar-refractivity contribution in [2.45, 2.75) is 26.4 Å². The summed E-state index contributed by atoms with van der Waals surface area (Å²) < 4.78 is 16.5. The lowest BCUT2D eigenvalue weighted by Crippen LogP contribution is -2.08. The number of rotatable bonds is 8. The number of carbonyl (C=O) groups is 1. The largest absolute Gasteiger partial charge is 0.493 e. The van der Waals surface area contributed by atoms with Crippen molar-refractivity contribution in [1.82, 2.24) is 0 Å². The summed E-state index contributed by atoms with van der Waals surface area (Å²) in [6, 6.07) is 12.9. The Morgan fingerprint density at radius 2 is 1.78 bits per heavy atom. The van der Waals surface area contributed by atoms with Crippen LogP contribution in [0, 0.1) is 5.92 Å². The zero-order chi connectivity index (χ0) is 19.2. The van der Waals surface area contributed by atoms with Crippen molar-refractivity contribution in [3.8, 4) is 11.5 Å². The van der Waals surface area contributed by atoms with E-state index in [2.05, 4.69) is 0 Å². The third kappa shape index (κ3) is 5.27. The van der Waals surface area contributed by atoms with Crippen LogP contribution in [0.3, 0.4) is 0 Å². The van der Waals surface area contributed by atoms with Crippen LogP contribution in [-0.2, 0) is 16.1 Å². The van der Waals surface area contributed by atoms with Gasteiger partial charge in [0.1, 0.15) is 18.1 Å². The average Bonchev–Trinajstić information content (AvgIpc) is 3.51. The lowest BCUT2D eigenvalue weighted by atomic mass is 10.00. The van der Waals surface area contributed by atoms with Crippen molar-refractivity contribution >= 4 is 23.1 Å². The second-order valence-corrected chi connectivity index (χ2v) is 6.95. The Balaban J connectivity index is 1.69. The molecule has 0 amide bonds. The van der Waals surface area contributed by atoms with Gasteiger partial charge in [0.05, 0.1) is 19.3 Å². The minimum absolute atomic E-state index is 0.284. The first-order chi connectivity index (χ1) is 13.1. The number of carbonyl (C=O) groups excluding carboxylic acids is 1. The molecule has 0 aromatic heterocycles. The zero-order valence-electron chi connectivity index (χ0n) is 15.5. The monoisotopic (exact) mass is 386 g/mol. The Bertz CT molecular complexity index is 823. The third-order valence-corrected chi connectivity index (χ3v) is 4.69. The molecule has 1 aliphatic carbocycles. The number of methoxy groups -OCH3 is 1. The molecule has 1 saturated carbocycles. The summed E-state index contributed by atoms with van der Waals surface area (Å²) >= 11 is 6.14. The molecule has 0 aliphatic heterocycles. The summed E-state index contributed by atoms with van der Waals surface area (Å²) in [5.41, 5.74) is 2.05. The van der Waals surface area contributed by atoms with Crippen LogP contribution in [0.1, 0.15) is 30.9 Å². The molecule has 3 rings (SSSR count). The molecule has 1 fully saturated rings. The quantitative estimate of drug-likeness (QED) is 0.457. The van der Waals surface area contributed by atoms with Crippen LogP contribution in [0.4, 0.5) is 0 Å². The third-order valence-electron chi connectivity index (χ3n) is 4.45. The summed E-state index contributed by atoms with van der Waals surface area (Å²) in [7, 11) is 1.37. The maximum absolute atomic E-state index is 12.0. The van der Waals surface area contributed by atoms with Crippen LogP contribution >= 0.6 is 11.6 Å². The zero-order valence-corrected chi connectivity index (χ0v) is 16.3.